The van der Waals surface area contributed by atoms with E-state index in [1.54, 1.807) is 30.3 Å². The molecule has 0 saturated carbocycles. The van der Waals surface area contributed by atoms with Gasteiger partial charge in [-0.15, -0.1) is 0 Å². The molecule has 0 aliphatic carbocycles. The van der Waals surface area contributed by atoms with Gasteiger partial charge in [0.1, 0.15) is 12.4 Å². The van der Waals surface area contributed by atoms with Crippen LogP contribution in [-0.4, -0.2) is 6.61 Å². The fourth-order valence-corrected chi connectivity index (χ4v) is 2.49. The second-order valence-electron chi connectivity index (χ2n) is 4.51. The average molecular weight is 323 g/mol. The zero-order valence-electron chi connectivity index (χ0n) is 11.4. The Hall–Kier alpha value is -1.68. The molecule has 0 radical (unpaired) electrons. The van der Waals surface area contributed by atoms with Crippen LogP contribution in [0.2, 0.25) is 10.0 Å². The van der Waals surface area contributed by atoms with Gasteiger partial charge in [0.15, 0.2) is 0 Å². The van der Waals surface area contributed by atoms with Crippen LogP contribution in [0, 0.1) is 0 Å². The van der Waals surface area contributed by atoms with E-state index in [0.29, 0.717) is 28.1 Å². The van der Waals surface area contributed by atoms with Crippen LogP contribution in [0.25, 0.3) is 0 Å². The van der Waals surface area contributed by atoms with E-state index in [1.165, 1.54) is 0 Å². The number of hydrogen-bond acceptors (Lipinski definition) is 3. The summed E-state index contributed by atoms with van der Waals surface area (Å²) in [5, 5.41) is 1.04. The lowest BCUT2D eigenvalue weighted by atomic mass is 9.98. The molecule has 0 aromatic heterocycles. The second kappa shape index (κ2) is 6.85. The van der Waals surface area contributed by atoms with E-state index < -0.39 is 6.04 Å². The van der Waals surface area contributed by atoms with Crippen molar-refractivity contribution in [3.63, 3.8) is 0 Å². The van der Waals surface area contributed by atoms with Crippen molar-refractivity contribution < 1.29 is 4.74 Å². The van der Waals surface area contributed by atoms with Gasteiger partial charge in [0.2, 0.25) is 0 Å². The standard InChI is InChI=1S/C16H16Cl2N2O/c1-2-8-21-14-5-3-4-11(15(14)18)16(20)12-9-10(17)6-7-13(12)19/h2-7,9,16H,1,8,19-20H2. The maximum atomic E-state index is 6.37. The summed E-state index contributed by atoms with van der Waals surface area (Å²) < 4.78 is 5.50. The molecule has 3 nitrogen and oxygen atoms in total. The Balaban J connectivity index is 2.41. The topological polar surface area (TPSA) is 61.3 Å². The SMILES string of the molecule is C=CCOc1cccc(C(N)c2cc(Cl)ccc2N)c1Cl. The maximum absolute atomic E-state index is 6.37. The molecule has 0 fully saturated rings. The van der Waals surface area contributed by atoms with Crippen molar-refractivity contribution in [1.82, 2.24) is 0 Å². The summed E-state index contributed by atoms with van der Waals surface area (Å²) in [6, 6.07) is 10.2. The third-order valence-corrected chi connectivity index (χ3v) is 3.71. The van der Waals surface area contributed by atoms with E-state index in [0.717, 1.165) is 11.1 Å². The van der Waals surface area contributed by atoms with Gasteiger partial charge < -0.3 is 16.2 Å². The highest BCUT2D eigenvalue weighted by atomic mass is 35.5. The van der Waals surface area contributed by atoms with Gasteiger partial charge in [-0.3, -0.25) is 0 Å². The number of hydrogen-bond donors (Lipinski definition) is 2. The van der Waals surface area contributed by atoms with Crippen LogP contribution in [0.3, 0.4) is 0 Å². The Morgan fingerprint density at radius 2 is 1.95 bits per heavy atom. The van der Waals surface area contributed by atoms with Crippen LogP contribution in [0.5, 0.6) is 5.75 Å². The lowest BCUT2D eigenvalue weighted by Gasteiger charge is -2.18. The molecule has 0 aliphatic rings. The first-order valence-corrected chi connectivity index (χ1v) is 7.12. The van der Waals surface area contributed by atoms with Crippen molar-refractivity contribution in [3.05, 3.63) is 70.2 Å². The smallest absolute Gasteiger partial charge is 0.138 e. The number of halogens is 2. The van der Waals surface area contributed by atoms with Crippen molar-refractivity contribution in [1.29, 1.82) is 0 Å². The Bertz CT molecular complexity index is 659. The minimum absolute atomic E-state index is 0.373. The summed E-state index contributed by atoms with van der Waals surface area (Å²) in [6.07, 6.45) is 1.65. The summed E-state index contributed by atoms with van der Waals surface area (Å²) in [6.45, 7) is 3.98. The van der Waals surface area contributed by atoms with Crippen molar-refractivity contribution in [2.24, 2.45) is 5.73 Å². The fourth-order valence-electron chi connectivity index (χ4n) is 2.01. The molecule has 1 atom stereocenters. The summed E-state index contributed by atoms with van der Waals surface area (Å²) in [5.74, 6) is 0.560. The number of anilines is 1. The molecule has 4 N–H and O–H groups in total. The molecule has 0 saturated heterocycles. The van der Waals surface area contributed by atoms with E-state index in [-0.39, 0.29) is 0 Å². The first-order chi connectivity index (χ1) is 10.0. The number of nitrogen functional groups attached to an aromatic ring is 1. The van der Waals surface area contributed by atoms with Gasteiger partial charge in [0.25, 0.3) is 0 Å². The van der Waals surface area contributed by atoms with Gasteiger partial charge in [-0.2, -0.15) is 0 Å². The van der Waals surface area contributed by atoms with Gasteiger partial charge in [-0.1, -0.05) is 48.0 Å². The third kappa shape index (κ3) is 3.50. The van der Waals surface area contributed by atoms with Crippen LogP contribution in [0.15, 0.2) is 49.1 Å². The number of nitrogens with two attached hydrogens (primary N) is 2. The summed E-state index contributed by atoms with van der Waals surface area (Å²) in [7, 11) is 0. The molecule has 0 spiro atoms. The highest BCUT2D eigenvalue weighted by Gasteiger charge is 2.18. The van der Waals surface area contributed by atoms with Crippen molar-refractivity contribution >= 4 is 28.9 Å². The molecule has 110 valence electrons. The molecular formula is C16H16Cl2N2O. The van der Waals surface area contributed by atoms with E-state index in [2.05, 4.69) is 6.58 Å². The highest BCUT2D eigenvalue weighted by molar-refractivity contribution is 6.33. The zero-order valence-corrected chi connectivity index (χ0v) is 12.9. The molecule has 2 aromatic rings. The quantitative estimate of drug-likeness (QED) is 0.641. The number of benzene rings is 2. The first kappa shape index (κ1) is 15.7. The molecule has 0 aliphatic heterocycles. The minimum atomic E-state index is -0.483. The van der Waals surface area contributed by atoms with Crippen LogP contribution in [0.4, 0.5) is 5.69 Å². The van der Waals surface area contributed by atoms with Crippen LogP contribution in [-0.2, 0) is 0 Å². The average Bonchev–Trinajstić information content (AvgIpc) is 2.48. The van der Waals surface area contributed by atoms with Crippen LogP contribution in [0.1, 0.15) is 17.2 Å². The van der Waals surface area contributed by atoms with Gasteiger partial charge in [0, 0.05) is 10.7 Å². The predicted molar refractivity (Wildman–Crippen MR) is 89.0 cm³/mol. The maximum Gasteiger partial charge on any atom is 0.138 e. The zero-order chi connectivity index (χ0) is 15.4. The molecule has 0 amide bonds. The molecular weight excluding hydrogens is 307 g/mol. The summed E-state index contributed by atoms with van der Waals surface area (Å²) in [5.41, 5.74) is 14.3. The predicted octanol–water partition coefficient (Wildman–Crippen LogP) is 4.19. The molecule has 21 heavy (non-hydrogen) atoms. The monoisotopic (exact) mass is 322 g/mol. The molecule has 0 bridgehead atoms. The molecule has 1 unspecified atom stereocenters. The van der Waals surface area contributed by atoms with Crippen LogP contribution < -0.4 is 16.2 Å². The van der Waals surface area contributed by atoms with E-state index >= 15 is 0 Å². The molecule has 2 rings (SSSR count). The van der Waals surface area contributed by atoms with Crippen molar-refractivity contribution in [3.8, 4) is 5.75 Å². The summed E-state index contributed by atoms with van der Waals surface area (Å²) >= 11 is 12.4. The van der Waals surface area contributed by atoms with Gasteiger partial charge in [-0.25, -0.2) is 0 Å². The van der Waals surface area contributed by atoms with Crippen molar-refractivity contribution in [2.75, 3.05) is 12.3 Å². The normalized spacial score (nSPS) is 12.0. The first-order valence-electron chi connectivity index (χ1n) is 6.37. The number of rotatable bonds is 5. The Labute approximate surface area is 134 Å². The van der Waals surface area contributed by atoms with Gasteiger partial charge >= 0.3 is 0 Å². The van der Waals surface area contributed by atoms with Crippen LogP contribution >= 0.6 is 23.2 Å². The van der Waals surface area contributed by atoms with E-state index in [9.17, 15) is 0 Å². The van der Waals surface area contributed by atoms with Gasteiger partial charge in [-0.05, 0) is 35.4 Å². The minimum Gasteiger partial charge on any atom is -0.488 e. The number of ether oxygens (including phenoxy) is 1. The van der Waals surface area contributed by atoms with E-state index in [1.807, 2.05) is 12.1 Å². The highest BCUT2D eigenvalue weighted by Crippen LogP contribution is 2.36. The Morgan fingerprint density at radius 3 is 2.67 bits per heavy atom. The lowest BCUT2D eigenvalue weighted by Crippen LogP contribution is -2.14. The fraction of sp³-hybridized carbons (Fsp3) is 0.125. The Morgan fingerprint density at radius 1 is 1.19 bits per heavy atom. The van der Waals surface area contributed by atoms with Crippen molar-refractivity contribution in [2.45, 2.75) is 6.04 Å². The van der Waals surface area contributed by atoms with E-state index in [4.69, 9.17) is 39.4 Å². The molecule has 2 aromatic carbocycles. The lowest BCUT2D eigenvalue weighted by molar-refractivity contribution is 0.363. The Kier molecular flexibility index (Phi) is 5.12. The molecule has 0 heterocycles. The largest absolute Gasteiger partial charge is 0.488 e. The third-order valence-electron chi connectivity index (χ3n) is 3.07. The molecule has 5 heteroatoms. The second-order valence-corrected chi connectivity index (χ2v) is 5.32. The summed E-state index contributed by atoms with van der Waals surface area (Å²) in [4.78, 5) is 0. The van der Waals surface area contributed by atoms with Gasteiger partial charge in [0.05, 0.1) is 11.1 Å².